The lowest BCUT2D eigenvalue weighted by Crippen LogP contribution is -1.99. The van der Waals surface area contributed by atoms with E-state index in [0.29, 0.717) is 22.6 Å². The number of aliphatic hydroxyl groups excluding tert-OH is 1. The summed E-state index contributed by atoms with van der Waals surface area (Å²) in [5.41, 5.74) is 1.78. The highest BCUT2D eigenvalue weighted by molar-refractivity contribution is 5.42. The molecule has 1 aromatic carbocycles. The lowest BCUT2D eigenvalue weighted by molar-refractivity contribution is 0.195. The molecule has 0 saturated carbocycles. The molecule has 4 heteroatoms. The van der Waals surface area contributed by atoms with Crippen LogP contribution in [-0.2, 0) is 0 Å². The molecule has 1 N–H and O–H groups in total. The van der Waals surface area contributed by atoms with Crippen molar-refractivity contribution in [2.24, 2.45) is 0 Å². The fourth-order valence-electron chi connectivity index (χ4n) is 1.73. The molecule has 1 aromatic heterocycles. The van der Waals surface area contributed by atoms with E-state index in [9.17, 15) is 9.50 Å². The van der Waals surface area contributed by atoms with Gasteiger partial charge in [-0.15, -0.1) is 0 Å². The van der Waals surface area contributed by atoms with Gasteiger partial charge in [0.05, 0.1) is 12.3 Å². The van der Waals surface area contributed by atoms with Gasteiger partial charge in [0.15, 0.2) is 0 Å². The Labute approximate surface area is 111 Å². The molecule has 0 radical (unpaired) electrons. The van der Waals surface area contributed by atoms with Crippen molar-refractivity contribution in [1.82, 2.24) is 4.98 Å². The average molecular weight is 261 g/mol. The minimum Gasteiger partial charge on any atom is -0.455 e. The summed E-state index contributed by atoms with van der Waals surface area (Å²) in [5, 5.41) is 9.68. The minimum absolute atomic E-state index is 0.356. The summed E-state index contributed by atoms with van der Waals surface area (Å²) in [4.78, 5) is 4.13. The number of benzene rings is 1. The maximum absolute atomic E-state index is 13.5. The van der Waals surface area contributed by atoms with E-state index in [4.69, 9.17) is 4.74 Å². The molecular formula is C15H16FNO2. The molecule has 3 nitrogen and oxygen atoms in total. The summed E-state index contributed by atoms with van der Waals surface area (Å²) in [5.74, 6) is 0.642. The third-order valence-corrected chi connectivity index (χ3v) is 2.85. The van der Waals surface area contributed by atoms with Gasteiger partial charge >= 0.3 is 0 Å². The standard InChI is InChI=1S/C15H16FNO2/c1-9-6-15(13(11(3)18)7-14(9)16)19-12-5-4-10(2)17-8-12/h4-8,11,18H,1-3H3. The lowest BCUT2D eigenvalue weighted by Gasteiger charge is -2.14. The van der Waals surface area contributed by atoms with E-state index in [2.05, 4.69) is 4.98 Å². The Bertz CT molecular complexity index is 579. The molecule has 0 spiro atoms. The number of rotatable bonds is 3. The van der Waals surface area contributed by atoms with Crippen LogP contribution in [0.4, 0.5) is 4.39 Å². The summed E-state index contributed by atoms with van der Waals surface area (Å²) in [6, 6.07) is 6.49. The van der Waals surface area contributed by atoms with Crippen molar-refractivity contribution >= 4 is 0 Å². The fraction of sp³-hybridized carbons (Fsp3) is 0.267. The number of aliphatic hydroxyl groups is 1. The Balaban J connectivity index is 2.38. The Morgan fingerprint density at radius 2 is 2.00 bits per heavy atom. The van der Waals surface area contributed by atoms with Crippen LogP contribution in [0.2, 0.25) is 0 Å². The van der Waals surface area contributed by atoms with Crippen molar-refractivity contribution in [2.45, 2.75) is 26.9 Å². The van der Waals surface area contributed by atoms with E-state index in [1.807, 2.05) is 13.0 Å². The molecule has 0 fully saturated rings. The summed E-state index contributed by atoms with van der Waals surface area (Å²) >= 11 is 0. The Morgan fingerprint density at radius 3 is 2.58 bits per heavy atom. The second kappa shape index (κ2) is 5.36. The minimum atomic E-state index is -0.802. The number of ether oxygens (including phenoxy) is 1. The topological polar surface area (TPSA) is 42.4 Å². The molecule has 0 aliphatic carbocycles. The summed E-state index contributed by atoms with van der Waals surface area (Å²) < 4.78 is 19.2. The van der Waals surface area contributed by atoms with E-state index in [0.717, 1.165) is 5.69 Å². The van der Waals surface area contributed by atoms with Gasteiger partial charge in [-0.3, -0.25) is 4.98 Å². The van der Waals surface area contributed by atoms with Crippen LogP contribution in [0, 0.1) is 19.7 Å². The maximum Gasteiger partial charge on any atom is 0.145 e. The SMILES string of the molecule is Cc1ccc(Oc2cc(C)c(F)cc2C(C)O)cn1. The third kappa shape index (κ3) is 3.09. The van der Waals surface area contributed by atoms with E-state index in [1.165, 1.54) is 6.07 Å². The summed E-state index contributed by atoms with van der Waals surface area (Å²) in [6.07, 6.45) is 0.795. The van der Waals surface area contributed by atoms with Crippen molar-refractivity contribution in [2.75, 3.05) is 0 Å². The molecule has 1 atom stereocenters. The Morgan fingerprint density at radius 1 is 1.26 bits per heavy atom. The highest BCUT2D eigenvalue weighted by Gasteiger charge is 2.13. The van der Waals surface area contributed by atoms with Gasteiger partial charge in [-0.05, 0) is 50.6 Å². The van der Waals surface area contributed by atoms with Gasteiger partial charge < -0.3 is 9.84 Å². The molecule has 2 rings (SSSR count). The third-order valence-electron chi connectivity index (χ3n) is 2.85. The van der Waals surface area contributed by atoms with Crippen molar-refractivity contribution in [1.29, 1.82) is 0 Å². The van der Waals surface area contributed by atoms with Crippen molar-refractivity contribution in [3.63, 3.8) is 0 Å². The van der Waals surface area contributed by atoms with E-state index < -0.39 is 6.10 Å². The predicted molar refractivity (Wildman–Crippen MR) is 70.8 cm³/mol. The molecule has 0 bridgehead atoms. The lowest BCUT2D eigenvalue weighted by atomic mass is 10.1. The number of halogens is 1. The Kier molecular flexibility index (Phi) is 3.81. The van der Waals surface area contributed by atoms with Crippen molar-refractivity contribution < 1.29 is 14.2 Å². The smallest absolute Gasteiger partial charge is 0.145 e. The van der Waals surface area contributed by atoms with Gasteiger partial charge in [-0.1, -0.05) is 0 Å². The second-order valence-corrected chi connectivity index (χ2v) is 4.55. The molecule has 0 saturated heterocycles. The van der Waals surface area contributed by atoms with Gasteiger partial charge in [-0.2, -0.15) is 0 Å². The number of nitrogens with zero attached hydrogens (tertiary/aromatic N) is 1. The first kappa shape index (κ1) is 13.5. The van der Waals surface area contributed by atoms with Gasteiger partial charge in [-0.25, -0.2) is 4.39 Å². The molecule has 2 aromatic rings. The van der Waals surface area contributed by atoms with Gasteiger partial charge in [0.1, 0.15) is 17.3 Å². The number of aromatic nitrogens is 1. The van der Waals surface area contributed by atoms with Crippen LogP contribution in [0.25, 0.3) is 0 Å². The first-order chi connectivity index (χ1) is 8.97. The van der Waals surface area contributed by atoms with Crippen LogP contribution in [-0.4, -0.2) is 10.1 Å². The van der Waals surface area contributed by atoms with E-state index in [-0.39, 0.29) is 5.82 Å². The first-order valence-electron chi connectivity index (χ1n) is 6.06. The molecule has 1 heterocycles. The molecular weight excluding hydrogens is 245 g/mol. The molecule has 19 heavy (non-hydrogen) atoms. The molecule has 1 unspecified atom stereocenters. The summed E-state index contributed by atoms with van der Waals surface area (Å²) in [7, 11) is 0. The first-order valence-corrected chi connectivity index (χ1v) is 6.06. The average Bonchev–Trinajstić information content (AvgIpc) is 2.36. The largest absolute Gasteiger partial charge is 0.455 e. The summed E-state index contributed by atoms with van der Waals surface area (Å²) in [6.45, 7) is 5.11. The Hall–Kier alpha value is -1.94. The van der Waals surface area contributed by atoms with Gasteiger partial charge in [0.2, 0.25) is 0 Å². The van der Waals surface area contributed by atoms with Crippen molar-refractivity contribution in [3.05, 3.63) is 53.1 Å². The zero-order chi connectivity index (χ0) is 14.0. The quantitative estimate of drug-likeness (QED) is 0.916. The molecule has 0 aliphatic heterocycles. The van der Waals surface area contributed by atoms with E-state index in [1.54, 1.807) is 32.2 Å². The van der Waals surface area contributed by atoms with Crippen LogP contribution < -0.4 is 4.74 Å². The molecule has 0 amide bonds. The number of aryl methyl sites for hydroxylation is 2. The van der Waals surface area contributed by atoms with Crippen LogP contribution in [0.1, 0.15) is 29.8 Å². The fourth-order valence-corrected chi connectivity index (χ4v) is 1.73. The van der Waals surface area contributed by atoms with E-state index >= 15 is 0 Å². The number of hydrogen-bond donors (Lipinski definition) is 1. The van der Waals surface area contributed by atoms with Gasteiger partial charge in [0, 0.05) is 11.3 Å². The highest BCUT2D eigenvalue weighted by atomic mass is 19.1. The molecule has 100 valence electrons. The number of pyridine rings is 1. The van der Waals surface area contributed by atoms with Crippen LogP contribution in [0.5, 0.6) is 11.5 Å². The molecule has 0 aliphatic rings. The maximum atomic E-state index is 13.5. The highest BCUT2D eigenvalue weighted by Crippen LogP contribution is 2.31. The van der Waals surface area contributed by atoms with Gasteiger partial charge in [0.25, 0.3) is 0 Å². The van der Waals surface area contributed by atoms with Crippen LogP contribution >= 0.6 is 0 Å². The normalized spacial score (nSPS) is 12.3. The predicted octanol–water partition coefficient (Wildman–Crippen LogP) is 3.68. The van der Waals surface area contributed by atoms with Crippen LogP contribution in [0.3, 0.4) is 0 Å². The second-order valence-electron chi connectivity index (χ2n) is 4.55. The van der Waals surface area contributed by atoms with Crippen molar-refractivity contribution in [3.8, 4) is 11.5 Å². The monoisotopic (exact) mass is 261 g/mol. The van der Waals surface area contributed by atoms with Crippen LogP contribution in [0.15, 0.2) is 30.5 Å². The number of hydrogen-bond acceptors (Lipinski definition) is 3. The zero-order valence-electron chi connectivity index (χ0n) is 11.1. The zero-order valence-corrected chi connectivity index (χ0v) is 11.1.